The number of hydrogen-bond acceptors (Lipinski definition) is 3. The zero-order chi connectivity index (χ0) is 16.2. The van der Waals surface area contributed by atoms with E-state index in [-0.39, 0.29) is 11.3 Å². The fourth-order valence-corrected chi connectivity index (χ4v) is 2.42. The average molecular weight is 306 g/mol. The minimum atomic E-state index is -0.952. The Labute approximate surface area is 132 Å². The molecular formula is C18H14N2O3. The highest BCUT2D eigenvalue weighted by Gasteiger charge is 2.10. The van der Waals surface area contributed by atoms with E-state index in [4.69, 9.17) is 0 Å². The van der Waals surface area contributed by atoms with Gasteiger partial charge in [0.2, 0.25) is 0 Å². The molecule has 5 nitrogen and oxygen atoms in total. The molecule has 114 valence electrons. The van der Waals surface area contributed by atoms with Crippen molar-refractivity contribution >= 4 is 5.97 Å². The van der Waals surface area contributed by atoms with Crippen molar-refractivity contribution in [2.75, 3.05) is 0 Å². The molecule has 0 saturated heterocycles. The highest BCUT2D eigenvalue weighted by atomic mass is 16.4. The number of aromatic carboxylic acids is 1. The van der Waals surface area contributed by atoms with Gasteiger partial charge in [0.25, 0.3) is 0 Å². The average Bonchev–Trinajstić information content (AvgIpc) is 2.58. The van der Waals surface area contributed by atoms with E-state index in [2.05, 4.69) is 4.98 Å². The lowest BCUT2D eigenvalue weighted by atomic mass is 9.99. The Kier molecular flexibility index (Phi) is 4.01. The second-order valence-corrected chi connectivity index (χ2v) is 5.08. The molecule has 0 atom stereocenters. The zero-order valence-corrected chi connectivity index (χ0v) is 12.2. The third-order valence-corrected chi connectivity index (χ3v) is 3.56. The van der Waals surface area contributed by atoms with Gasteiger partial charge in [-0.3, -0.25) is 4.57 Å². The Bertz CT molecular complexity index is 898. The van der Waals surface area contributed by atoms with Crippen LogP contribution in [0.25, 0.3) is 11.1 Å². The summed E-state index contributed by atoms with van der Waals surface area (Å²) in [4.78, 5) is 26.6. The molecule has 0 aliphatic carbocycles. The molecule has 0 spiro atoms. The lowest BCUT2D eigenvalue weighted by Gasteiger charge is -2.08. The van der Waals surface area contributed by atoms with E-state index in [1.165, 1.54) is 10.8 Å². The number of carboxylic acid groups (broad SMARTS) is 1. The summed E-state index contributed by atoms with van der Waals surface area (Å²) in [5.74, 6) is -0.952. The van der Waals surface area contributed by atoms with E-state index >= 15 is 0 Å². The van der Waals surface area contributed by atoms with E-state index in [9.17, 15) is 14.7 Å². The Morgan fingerprint density at radius 1 is 1.04 bits per heavy atom. The van der Waals surface area contributed by atoms with Gasteiger partial charge in [0.05, 0.1) is 12.1 Å². The molecule has 0 aliphatic heterocycles. The van der Waals surface area contributed by atoms with Crippen LogP contribution in [-0.4, -0.2) is 20.6 Å². The standard InChI is InChI=1S/C18H14N2O3/c21-17(22)16-5-2-1-4-15(16)14-8-6-13(7-9-14)12-20-11-3-10-19-18(20)23/h1-11H,12H2,(H,21,22). The van der Waals surface area contributed by atoms with Gasteiger partial charge in [0.1, 0.15) is 0 Å². The van der Waals surface area contributed by atoms with Gasteiger partial charge >= 0.3 is 11.7 Å². The maximum Gasteiger partial charge on any atom is 0.347 e. The van der Waals surface area contributed by atoms with E-state index in [1.54, 1.807) is 30.5 Å². The summed E-state index contributed by atoms with van der Waals surface area (Å²) in [5, 5.41) is 9.26. The largest absolute Gasteiger partial charge is 0.478 e. The fraction of sp³-hybridized carbons (Fsp3) is 0.0556. The monoisotopic (exact) mass is 306 g/mol. The van der Waals surface area contributed by atoms with Crippen molar-refractivity contribution in [3.05, 3.63) is 88.6 Å². The Hall–Kier alpha value is -3.21. The number of aromatic nitrogens is 2. The molecule has 2 aromatic carbocycles. The maximum absolute atomic E-state index is 11.6. The molecule has 23 heavy (non-hydrogen) atoms. The molecule has 0 fully saturated rings. The molecule has 0 bridgehead atoms. The van der Waals surface area contributed by atoms with Crippen molar-refractivity contribution in [2.24, 2.45) is 0 Å². The van der Waals surface area contributed by atoms with Gasteiger partial charge in [-0.05, 0) is 28.8 Å². The van der Waals surface area contributed by atoms with E-state index in [1.807, 2.05) is 30.3 Å². The number of benzene rings is 2. The molecule has 3 aromatic rings. The minimum absolute atomic E-state index is 0.267. The molecule has 0 saturated carbocycles. The molecule has 3 rings (SSSR count). The van der Waals surface area contributed by atoms with Crippen molar-refractivity contribution < 1.29 is 9.90 Å². The van der Waals surface area contributed by atoms with Gasteiger partial charge < -0.3 is 5.11 Å². The summed E-state index contributed by atoms with van der Waals surface area (Å²) in [5.41, 5.74) is 2.41. The predicted octanol–water partition coefficient (Wildman–Crippen LogP) is 2.66. The Morgan fingerprint density at radius 2 is 1.78 bits per heavy atom. The number of carbonyl (C=O) groups is 1. The van der Waals surface area contributed by atoms with Gasteiger partial charge in [0, 0.05) is 12.4 Å². The predicted molar refractivity (Wildman–Crippen MR) is 86.4 cm³/mol. The lowest BCUT2D eigenvalue weighted by Crippen LogP contribution is -2.21. The summed E-state index contributed by atoms with van der Waals surface area (Å²) in [6.45, 7) is 0.424. The fourth-order valence-electron chi connectivity index (χ4n) is 2.42. The van der Waals surface area contributed by atoms with Crippen LogP contribution in [0.15, 0.2) is 71.8 Å². The maximum atomic E-state index is 11.6. The van der Waals surface area contributed by atoms with Crippen molar-refractivity contribution in [1.82, 2.24) is 9.55 Å². The van der Waals surface area contributed by atoms with Crippen LogP contribution >= 0.6 is 0 Å². The van der Waals surface area contributed by atoms with Crippen LogP contribution in [0.5, 0.6) is 0 Å². The summed E-state index contributed by atoms with van der Waals surface area (Å²) in [6, 6.07) is 16.1. The van der Waals surface area contributed by atoms with Gasteiger partial charge in [0.15, 0.2) is 0 Å². The topological polar surface area (TPSA) is 72.2 Å². The number of nitrogens with zero attached hydrogens (tertiary/aromatic N) is 2. The minimum Gasteiger partial charge on any atom is -0.478 e. The van der Waals surface area contributed by atoms with E-state index in [0.717, 1.165) is 11.1 Å². The number of hydrogen-bond donors (Lipinski definition) is 1. The Morgan fingerprint density at radius 3 is 2.48 bits per heavy atom. The number of carboxylic acids is 1. The molecule has 1 aromatic heterocycles. The first-order chi connectivity index (χ1) is 11.1. The quantitative estimate of drug-likeness (QED) is 0.804. The highest BCUT2D eigenvalue weighted by Crippen LogP contribution is 2.24. The first kappa shape index (κ1) is 14.7. The molecule has 0 radical (unpaired) electrons. The highest BCUT2D eigenvalue weighted by molar-refractivity contribution is 5.95. The Balaban J connectivity index is 1.90. The second-order valence-electron chi connectivity index (χ2n) is 5.08. The summed E-state index contributed by atoms with van der Waals surface area (Å²) < 4.78 is 1.51. The third-order valence-electron chi connectivity index (χ3n) is 3.56. The molecule has 0 unspecified atom stereocenters. The SMILES string of the molecule is O=C(O)c1ccccc1-c1ccc(Cn2cccnc2=O)cc1. The zero-order valence-electron chi connectivity index (χ0n) is 12.2. The van der Waals surface area contributed by atoms with Crippen molar-refractivity contribution in [3.63, 3.8) is 0 Å². The van der Waals surface area contributed by atoms with Crippen LogP contribution in [0.2, 0.25) is 0 Å². The van der Waals surface area contributed by atoms with Crippen LogP contribution < -0.4 is 5.69 Å². The third kappa shape index (κ3) is 3.18. The number of rotatable bonds is 4. The van der Waals surface area contributed by atoms with Crippen LogP contribution in [0.3, 0.4) is 0 Å². The normalized spacial score (nSPS) is 10.4. The molecular weight excluding hydrogens is 292 g/mol. The molecule has 5 heteroatoms. The van der Waals surface area contributed by atoms with Crippen molar-refractivity contribution in [3.8, 4) is 11.1 Å². The summed E-state index contributed by atoms with van der Waals surface area (Å²) in [7, 11) is 0. The van der Waals surface area contributed by atoms with Crippen LogP contribution in [0, 0.1) is 0 Å². The molecule has 0 aliphatic rings. The van der Waals surface area contributed by atoms with Crippen LogP contribution in [0.1, 0.15) is 15.9 Å². The lowest BCUT2D eigenvalue weighted by molar-refractivity contribution is 0.0697. The van der Waals surface area contributed by atoms with Crippen LogP contribution in [-0.2, 0) is 6.54 Å². The first-order valence-electron chi connectivity index (χ1n) is 7.08. The van der Waals surface area contributed by atoms with Gasteiger partial charge in [-0.25, -0.2) is 14.6 Å². The van der Waals surface area contributed by atoms with Crippen LogP contribution in [0.4, 0.5) is 0 Å². The smallest absolute Gasteiger partial charge is 0.347 e. The summed E-state index contributed by atoms with van der Waals surface area (Å²) in [6.07, 6.45) is 3.15. The second kappa shape index (κ2) is 6.27. The first-order valence-corrected chi connectivity index (χ1v) is 7.08. The van der Waals surface area contributed by atoms with Crippen molar-refractivity contribution in [2.45, 2.75) is 6.54 Å². The van der Waals surface area contributed by atoms with E-state index in [0.29, 0.717) is 12.1 Å². The van der Waals surface area contributed by atoms with E-state index < -0.39 is 5.97 Å². The molecule has 1 heterocycles. The molecule has 1 N–H and O–H groups in total. The van der Waals surface area contributed by atoms with Crippen molar-refractivity contribution in [1.29, 1.82) is 0 Å². The molecule has 0 amide bonds. The van der Waals surface area contributed by atoms with Gasteiger partial charge in [-0.2, -0.15) is 0 Å². The van der Waals surface area contributed by atoms with Gasteiger partial charge in [-0.1, -0.05) is 42.5 Å². The summed E-state index contributed by atoms with van der Waals surface area (Å²) >= 11 is 0. The van der Waals surface area contributed by atoms with Gasteiger partial charge in [-0.15, -0.1) is 0 Å².